The highest BCUT2D eigenvalue weighted by Gasteiger charge is 2.17. The van der Waals surface area contributed by atoms with Crippen LogP contribution in [-0.4, -0.2) is 32.2 Å². The SMILES string of the molecule is Cc1ccc2c(CC(=O)Nc3ccccc3N3CCOCC3)coc2c1C. The summed E-state index contributed by atoms with van der Waals surface area (Å²) < 4.78 is 11.2. The monoisotopic (exact) mass is 364 g/mol. The summed E-state index contributed by atoms with van der Waals surface area (Å²) in [7, 11) is 0. The lowest BCUT2D eigenvalue weighted by atomic mass is 10.0. The molecular weight excluding hydrogens is 340 g/mol. The molecule has 1 saturated heterocycles. The van der Waals surface area contributed by atoms with Crippen molar-refractivity contribution in [1.82, 2.24) is 0 Å². The van der Waals surface area contributed by atoms with E-state index >= 15 is 0 Å². The molecule has 27 heavy (non-hydrogen) atoms. The first-order chi connectivity index (χ1) is 13.1. The maximum atomic E-state index is 12.7. The van der Waals surface area contributed by atoms with Crippen LogP contribution in [-0.2, 0) is 16.0 Å². The molecule has 0 spiro atoms. The number of carbonyl (C=O) groups excluding carboxylic acids is 1. The van der Waals surface area contributed by atoms with Crippen molar-refractivity contribution in [2.24, 2.45) is 0 Å². The predicted molar refractivity (Wildman–Crippen MR) is 107 cm³/mol. The van der Waals surface area contributed by atoms with E-state index in [1.54, 1.807) is 6.26 Å². The number of hydrogen-bond acceptors (Lipinski definition) is 4. The Kier molecular flexibility index (Phi) is 4.86. The Balaban J connectivity index is 1.53. The van der Waals surface area contributed by atoms with Gasteiger partial charge in [-0.25, -0.2) is 0 Å². The summed E-state index contributed by atoms with van der Waals surface area (Å²) in [6.45, 7) is 7.19. The number of aryl methyl sites for hydroxylation is 2. The minimum atomic E-state index is -0.0448. The lowest BCUT2D eigenvalue weighted by Crippen LogP contribution is -2.36. The molecule has 1 aliphatic heterocycles. The fraction of sp³-hybridized carbons (Fsp3) is 0.318. The van der Waals surface area contributed by atoms with Crippen molar-refractivity contribution in [2.75, 3.05) is 36.5 Å². The van der Waals surface area contributed by atoms with Gasteiger partial charge in [-0.2, -0.15) is 0 Å². The summed E-state index contributed by atoms with van der Waals surface area (Å²) in [5, 5.41) is 4.08. The average molecular weight is 364 g/mol. The fourth-order valence-corrected chi connectivity index (χ4v) is 3.55. The third kappa shape index (κ3) is 3.55. The molecule has 3 aromatic rings. The maximum Gasteiger partial charge on any atom is 0.228 e. The van der Waals surface area contributed by atoms with Gasteiger partial charge in [-0.05, 0) is 37.1 Å². The van der Waals surface area contributed by atoms with Gasteiger partial charge >= 0.3 is 0 Å². The number of rotatable bonds is 4. The Bertz CT molecular complexity index is 971. The van der Waals surface area contributed by atoms with Crippen molar-refractivity contribution < 1.29 is 13.9 Å². The molecule has 0 unspecified atom stereocenters. The van der Waals surface area contributed by atoms with E-state index in [0.717, 1.165) is 46.6 Å². The fourth-order valence-electron chi connectivity index (χ4n) is 3.55. The first-order valence-corrected chi connectivity index (χ1v) is 9.31. The molecule has 2 aromatic carbocycles. The minimum absolute atomic E-state index is 0.0448. The molecule has 0 saturated carbocycles. The first kappa shape index (κ1) is 17.6. The highest BCUT2D eigenvalue weighted by atomic mass is 16.5. The van der Waals surface area contributed by atoms with Gasteiger partial charge < -0.3 is 19.4 Å². The molecule has 0 bridgehead atoms. The second kappa shape index (κ2) is 7.45. The van der Waals surface area contributed by atoms with Crippen LogP contribution in [0.3, 0.4) is 0 Å². The van der Waals surface area contributed by atoms with Gasteiger partial charge in [-0.1, -0.05) is 24.3 Å². The Labute approximate surface area is 158 Å². The van der Waals surface area contributed by atoms with Gasteiger partial charge in [0.1, 0.15) is 5.58 Å². The number of hydrogen-bond donors (Lipinski definition) is 1. The van der Waals surface area contributed by atoms with E-state index in [0.29, 0.717) is 13.2 Å². The van der Waals surface area contributed by atoms with Crippen molar-refractivity contribution >= 4 is 28.3 Å². The van der Waals surface area contributed by atoms with Crippen LogP contribution in [0.15, 0.2) is 47.1 Å². The molecule has 0 aliphatic carbocycles. The number of nitrogens with zero attached hydrogens (tertiary/aromatic N) is 1. The summed E-state index contributed by atoms with van der Waals surface area (Å²) in [6, 6.07) is 12.0. The average Bonchev–Trinajstić information content (AvgIpc) is 3.09. The molecule has 1 N–H and O–H groups in total. The van der Waals surface area contributed by atoms with Gasteiger partial charge in [0.15, 0.2) is 0 Å². The van der Waals surface area contributed by atoms with Crippen LogP contribution in [0.2, 0.25) is 0 Å². The van der Waals surface area contributed by atoms with Gasteiger partial charge in [-0.3, -0.25) is 4.79 Å². The van der Waals surface area contributed by atoms with Gasteiger partial charge in [0, 0.05) is 24.0 Å². The molecule has 1 fully saturated rings. The number of morpholine rings is 1. The molecule has 140 valence electrons. The summed E-state index contributed by atoms with van der Waals surface area (Å²) in [5.74, 6) is -0.0448. The predicted octanol–water partition coefficient (Wildman–Crippen LogP) is 4.07. The molecule has 2 heterocycles. The van der Waals surface area contributed by atoms with Crippen molar-refractivity contribution in [3.05, 3.63) is 59.4 Å². The lowest BCUT2D eigenvalue weighted by molar-refractivity contribution is -0.115. The molecule has 0 atom stereocenters. The molecule has 0 radical (unpaired) electrons. The summed E-state index contributed by atoms with van der Waals surface area (Å²) >= 11 is 0. The molecule has 1 aromatic heterocycles. The second-order valence-corrected chi connectivity index (χ2v) is 6.99. The van der Waals surface area contributed by atoms with E-state index in [2.05, 4.69) is 23.2 Å². The van der Waals surface area contributed by atoms with Crippen LogP contribution in [0.4, 0.5) is 11.4 Å². The van der Waals surface area contributed by atoms with Crippen LogP contribution < -0.4 is 10.2 Å². The zero-order chi connectivity index (χ0) is 18.8. The lowest BCUT2D eigenvalue weighted by Gasteiger charge is -2.30. The van der Waals surface area contributed by atoms with Gasteiger partial charge in [0.2, 0.25) is 5.91 Å². The van der Waals surface area contributed by atoms with Crippen molar-refractivity contribution in [2.45, 2.75) is 20.3 Å². The molecule has 4 rings (SSSR count). The van der Waals surface area contributed by atoms with Crippen LogP contribution in [0.5, 0.6) is 0 Å². The van der Waals surface area contributed by atoms with Crippen LogP contribution in [0.25, 0.3) is 11.0 Å². The standard InChI is InChI=1S/C22H24N2O3/c1-15-7-8-18-17(14-27-22(18)16(15)2)13-21(25)23-19-5-3-4-6-20(19)24-9-11-26-12-10-24/h3-8,14H,9-13H2,1-2H3,(H,23,25). The maximum absolute atomic E-state index is 12.7. The van der Waals surface area contributed by atoms with Gasteiger partial charge in [-0.15, -0.1) is 0 Å². The van der Waals surface area contributed by atoms with E-state index < -0.39 is 0 Å². The topological polar surface area (TPSA) is 54.7 Å². The Morgan fingerprint density at radius 3 is 2.70 bits per heavy atom. The Hall–Kier alpha value is -2.79. The smallest absolute Gasteiger partial charge is 0.228 e. The van der Waals surface area contributed by atoms with Crippen LogP contribution >= 0.6 is 0 Å². The van der Waals surface area contributed by atoms with E-state index in [4.69, 9.17) is 9.15 Å². The van der Waals surface area contributed by atoms with Crippen LogP contribution in [0, 0.1) is 13.8 Å². The van der Waals surface area contributed by atoms with E-state index in [9.17, 15) is 4.79 Å². The summed E-state index contributed by atoms with van der Waals surface area (Å²) in [4.78, 5) is 15.0. The van der Waals surface area contributed by atoms with Crippen LogP contribution in [0.1, 0.15) is 16.7 Å². The highest BCUT2D eigenvalue weighted by Crippen LogP contribution is 2.29. The number of anilines is 2. The number of para-hydroxylation sites is 2. The largest absolute Gasteiger partial charge is 0.464 e. The molecule has 5 nitrogen and oxygen atoms in total. The van der Waals surface area contributed by atoms with Crippen molar-refractivity contribution in [3.8, 4) is 0 Å². The number of furan rings is 1. The third-order valence-corrected chi connectivity index (χ3v) is 5.22. The quantitative estimate of drug-likeness (QED) is 0.758. The minimum Gasteiger partial charge on any atom is -0.464 e. The number of benzene rings is 2. The normalized spacial score (nSPS) is 14.5. The number of ether oxygens (including phenoxy) is 1. The first-order valence-electron chi connectivity index (χ1n) is 9.31. The summed E-state index contributed by atoms with van der Waals surface area (Å²) in [5.41, 5.74) is 5.96. The molecule has 1 aliphatic rings. The van der Waals surface area contributed by atoms with Gasteiger partial charge in [0.05, 0.1) is 37.3 Å². The van der Waals surface area contributed by atoms with Crippen molar-refractivity contribution in [1.29, 1.82) is 0 Å². The Morgan fingerprint density at radius 1 is 1.11 bits per heavy atom. The molecule has 1 amide bonds. The number of amides is 1. The number of fused-ring (bicyclic) bond motifs is 1. The summed E-state index contributed by atoms with van der Waals surface area (Å²) in [6.07, 6.45) is 1.98. The number of carbonyl (C=O) groups is 1. The zero-order valence-electron chi connectivity index (χ0n) is 15.7. The molecule has 5 heteroatoms. The van der Waals surface area contributed by atoms with Gasteiger partial charge in [0.25, 0.3) is 0 Å². The van der Waals surface area contributed by atoms with Crippen molar-refractivity contribution in [3.63, 3.8) is 0 Å². The van der Waals surface area contributed by atoms with E-state index in [-0.39, 0.29) is 12.3 Å². The third-order valence-electron chi connectivity index (χ3n) is 5.22. The zero-order valence-corrected chi connectivity index (χ0v) is 15.7. The molecular formula is C22H24N2O3. The highest BCUT2D eigenvalue weighted by molar-refractivity contribution is 5.98. The number of nitrogens with one attached hydrogen (secondary N) is 1. The van der Waals surface area contributed by atoms with E-state index in [1.807, 2.05) is 37.3 Å². The van der Waals surface area contributed by atoms with E-state index in [1.165, 1.54) is 5.56 Å². The second-order valence-electron chi connectivity index (χ2n) is 6.99. The Morgan fingerprint density at radius 2 is 1.89 bits per heavy atom.